The summed E-state index contributed by atoms with van der Waals surface area (Å²) in [4.78, 5) is 0. The van der Waals surface area contributed by atoms with Gasteiger partial charge in [0.05, 0.1) is 0 Å². The van der Waals surface area contributed by atoms with Crippen molar-refractivity contribution in [2.45, 2.75) is 26.7 Å². The predicted molar refractivity (Wildman–Crippen MR) is 134 cm³/mol. The van der Waals surface area contributed by atoms with Crippen LogP contribution in [0.1, 0.15) is 25.0 Å². The van der Waals surface area contributed by atoms with Crippen LogP contribution < -0.4 is 10.2 Å². The molecule has 0 aliphatic rings. The Hall–Kier alpha value is -2.79. The minimum Gasteiger partial charge on any atom is -0.398 e. The molecular weight excluding hydrogens is 377 g/mol. The summed E-state index contributed by atoms with van der Waals surface area (Å²) in [6, 6.07) is 30.1. The number of fused-ring (bicyclic) bond motifs is 4. The lowest BCUT2D eigenvalue weighted by Gasteiger charge is -2.09. The minimum absolute atomic E-state index is 0.937. The van der Waals surface area contributed by atoms with Crippen LogP contribution in [-0.2, 0) is 12.8 Å². The number of hydrogen-bond acceptors (Lipinski definition) is 1. The number of aryl methyl sites for hydroxylation is 1. The maximum atomic E-state index is 5.81. The molecule has 2 N–H and O–H groups in total. The maximum absolute atomic E-state index is 5.81. The van der Waals surface area contributed by atoms with Crippen molar-refractivity contribution in [3.63, 3.8) is 0 Å². The number of rotatable bonds is 2. The van der Waals surface area contributed by atoms with Crippen molar-refractivity contribution >= 4 is 58.7 Å². The Labute approximate surface area is 187 Å². The summed E-state index contributed by atoms with van der Waals surface area (Å²) in [5, 5.41) is 7.89. The third-order valence-corrected chi connectivity index (χ3v) is 6.28. The topological polar surface area (TPSA) is 26.0 Å². The highest BCUT2D eigenvalue weighted by molar-refractivity contribution is 6.41. The average molecular weight is 404 g/mol. The minimum atomic E-state index is 0.937. The molecule has 0 amide bonds. The summed E-state index contributed by atoms with van der Waals surface area (Å²) in [7, 11) is 0. The van der Waals surface area contributed by atoms with Gasteiger partial charge in [-0.05, 0) is 74.5 Å². The smallest absolute Gasteiger partial charge is 0.176 e. The van der Waals surface area contributed by atoms with Gasteiger partial charge in [-0.25, -0.2) is 0 Å². The Morgan fingerprint density at radius 3 is 2.03 bits per heavy atom. The predicted octanol–water partition coefficient (Wildman–Crippen LogP) is 6.33. The van der Waals surface area contributed by atoms with Gasteiger partial charge in [0.1, 0.15) is 0 Å². The van der Waals surface area contributed by atoms with E-state index in [0.29, 0.717) is 0 Å². The summed E-state index contributed by atoms with van der Waals surface area (Å²) in [6.07, 6.45) is 2.12. The summed E-state index contributed by atoms with van der Waals surface area (Å²) in [6.45, 7) is 4.30. The largest absolute Gasteiger partial charge is 0.398 e. The van der Waals surface area contributed by atoms with E-state index in [4.69, 9.17) is 5.73 Å². The van der Waals surface area contributed by atoms with E-state index in [1.807, 2.05) is 12.1 Å². The molecule has 0 fully saturated rings. The van der Waals surface area contributed by atoms with Crippen LogP contribution in [0.4, 0.5) is 5.69 Å². The second-order valence-corrected chi connectivity index (χ2v) is 8.25. The zero-order chi connectivity index (χ0) is 21.1. The van der Waals surface area contributed by atoms with Gasteiger partial charge in [0.15, 0.2) is 16.3 Å². The molecule has 5 aromatic carbocycles. The van der Waals surface area contributed by atoms with E-state index in [9.17, 15) is 0 Å². The van der Waals surface area contributed by atoms with E-state index < -0.39 is 0 Å². The normalized spacial score (nSPS) is 10.9. The van der Waals surface area contributed by atoms with Gasteiger partial charge in [0, 0.05) is 5.69 Å². The second kappa shape index (κ2) is 8.92. The number of anilines is 1. The van der Waals surface area contributed by atoms with E-state index in [-0.39, 0.29) is 0 Å². The van der Waals surface area contributed by atoms with E-state index in [0.717, 1.165) is 18.5 Å². The fourth-order valence-electron chi connectivity index (χ4n) is 4.25. The van der Waals surface area contributed by atoms with Crippen molar-refractivity contribution < 1.29 is 0 Å². The molecule has 5 rings (SSSR count). The van der Waals surface area contributed by atoms with E-state index in [2.05, 4.69) is 103 Å². The molecule has 2 radical (unpaired) electrons. The third kappa shape index (κ3) is 3.94. The number of nitrogen functional groups attached to an aromatic ring is 1. The molecule has 0 spiro atoms. The lowest BCUT2D eigenvalue weighted by atomic mass is 9.98. The van der Waals surface area contributed by atoms with Crippen LogP contribution in [-0.4, -0.2) is 16.3 Å². The van der Waals surface area contributed by atoms with E-state index in [1.54, 1.807) is 0 Å². The molecule has 30 heavy (non-hydrogen) atoms. The Morgan fingerprint density at radius 2 is 1.33 bits per heavy atom. The van der Waals surface area contributed by atoms with Gasteiger partial charge in [-0.3, -0.25) is 0 Å². The van der Waals surface area contributed by atoms with Crippen molar-refractivity contribution in [2.75, 3.05) is 5.73 Å². The highest BCUT2D eigenvalue weighted by atomic mass is 27.0. The molecule has 0 aliphatic carbocycles. The van der Waals surface area contributed by atoms with Crippen LogP contribution in [0.3, 0.4) is 0 Å². The van der Waals surface area contributed by atoms with E-state index in [1.165, 1.54) is 47.9 Å². The van der Waals surface area contributed by atoms with Crippen LogP contribution in [0, 0.1) is 0 Å². The number of benzene rings is 5. The molecular formula is C28H26AlN. The highest BCUT2D eigenvalue weighted by Crippen LogP contribution is 2.28. The Balaban J connectivity index is 0.000000170. The molecule has 0 heterocycles. The lowest BCUT2D eigenvalue weighted by Crippen LogP contribution is -2.03. The molecule has 0 atom stereocenters. The molecule has 0 unspecified atom stereocenters. The molecule has 0 saturated carbocycles. The molecule has 0 bridgehead atoms. The Morgan fingerprint density at radius 1 is 0.667 bits per heavy atom. The van der Waals surface area contributed by atoms with Crippen molar-refractivity contribution in [2.24, 2.45) is 0 Å². The maximum Gasteiger partial charge on any atom is 0.176 e. The standard InChI is InChI=1S/C18H11.C10H15N.Al/c1-2-7-15-12-18-16(11-14(15)6-1)10-9-13-5-3-4-8-17(13)18;1-3-8-6-5-7-10(11)9(8)4-2;/h1-7,9-12H;5-7H,3-4,11H2,1-2H3;. The van der Waals surface area contributed by atoms with Crippen molar-refractivity contribution in [3.05, 3.63) is 96.1 Å². The van der Waals surface area contributed by atoms with Crippen LogP contribution in [0.15, 0.2) is 84.9 Å². The van der Waals surface area contributed by atoms with Gasteiger partial charge in [-0.1, -0.05) is 80.6 Å². The van der Waals surface area contributed by atoms with Crippen molar-refractivity contribution in [3.8, 4) is 0 Å². The van der Waals surface area contributed by atoms with Crippen LogP contribution >= 0.6 is 0 Å². The monoisotopic (exact) mass is 403 g/mol. The van der Waals surface area contributed by atoms with Gasteiger partial charge in [-0.2, -0.15) is 0 Å². The zero-order valence-corrected chi connectivity index (χ0v) is 18.8. The first-order chi connectivity index (χ1) is 14.6. The van der Waals surface area contributed by atoms with Gasteiger partial charge in [-0.15, -0.1) is 4.43 Å². The molecule has 0 aliphatic heterocycles. The summed E-state index contributed by atoms with van der Waals surface area (Å²) in [5.41, 5.74) is 9.44. The average Bonchev–Trinajstić information content (AvgIpc) is 2.78. The zero-order valence-electron chi connectivity index (χ0n) is 17.7. The van der Waals surface area contributed by atoms with Gasteiger partial charge < -0.3 is 5.73 Å². The van der Waals surface area contributed by atoms with Crippen molar-refractivity contribution in [1.82, 2.24) is 0 Å². The molecule has 146 valence electrons. The lowest BCUT2D eigenvalue weighted by molar-refractivity contribution is 1.04. The highest BCUT2D eigenvalue weighted by Gasteiger charge is 2.04. The van der Waals surface area contributed by atoms with Gasteiger partial charge in [0.2, 0.25) is 0 Å². The molecule has 0 saturated heterocycles. The van der Waals surface area contributed by atoms with Crippen LogP contribution in [0.2, 0.25) is 0 Å². The van der Waals surface area contributed by atoms with Crippen LogP contribution in [0.5, 0.6) is 0 Å². The second-order valence-electron chi connectivity index (χ2n) is 7.62. The van der Waals surface area contributed by atoms with Crippen molar-refractivity contribution in [1.29, 1.82) is 0 Å². The van der Waals surface area contributed by atoms with Gasteiger partial charge in [0.25, 0.3) is 0 Å². The van der Waals surface area contributed by atoms with Crippen LogP contribution in [0.25, 0.3) is 32.3 Å². The fraction of sp³-hybridized carbons (Fsp3) is 0.143. The fourth-order valence-corrected chi connectivity index (χ4v) is 4.68. The number of nitrogens with two attached hydrogens (primary N) is 1. The first-order valence-corrected chi connectivity index (χ1v) is 11.2. The summed E-state index contributed by atoms with van der Waals surface area (Å²) >= 11 is 2.85. The molecule has 2 heteroatoms. The first kappa shape index (κ1) is 20.5. The number of hydrogen-bond donors (Lipinski definition) is 1. The molecule has 0 aromatic heterocycles. The first-order valence-electron chi connectivity index (χ1n) is 10.6. The summed E-state index contributed by atoms with van der Waals surface area (Å²) in [5.74, 6) is 0. The van der Waals surface area contributed by atoms with Gasteiger partial charge >= 0.3 is 0 Å². The van der Waals surface area contributed by atoms with E-state index >= 15 is 0 Å². The SMILES string of the molecule is CCc1cccc(N)c1CC.[Al][c]1cccc2ccc3cc4ccccc4cc3c12. The third-order valence-electron chi connectivity index (χ3n) is 5.80. The Kier molecular flexibility index (Phi) is 6.09. The Bertz CT molecular complexity index is 1340. The molecule has 1 nitrogen and oxygen atoms in total. The summed E-state index contributed by atoms with van der Waals surface area (Å²) < 4.78 is 1.26. The molecule has 5 aromatic rings. The quantitative estimate of drug-likeness (QED) is 0.158.